The summed E-state index contributed by atoms with van der Waals surface area (Å²) in [7, 11) is 1.60. The first-order chi connectivity index (χ1) is 10.1. The van der Waals surface area contributed by atoms with Crippen LogP contribution in [-0.2, 0) is 6.61 Å². The lowest BCUT2D eigenvalue weighted by molar-refractivity contribution is 0.301. The normalized spacial score (nSPS) is 11.3. The second-order valence-electron chi connectivity index (χ2n) is 4.47. The van der Waals surface area contributed by atoms with Crippen LogP contribution in [-0.4, -0.2) is 18.0 Å². The molecule has 2 aromatic carbocycles. The lowest BCUT2D eigenvalue weighted by Gasteiger charge is -2.12. The van der Waals surface area contributed by atoms with E-state index < -0.39 is 0 Å². The van der Waals surface area contributed by atoms with Gasteiger partial charge in [-0.3, -0.25) is 0 Å². The molecule has 0 aliphatic carbocycles. The number of rotatable bonds is 5. The van der Waals surface area contributed by atoms with E-state index in [1.807, 2.05) is 30.3 Å². The van der Waals surface area contributed by atoms with Crippen molar-refractivity contribution in [1.29, 1.82) is 0 Å². The van der Waals surface area contributed by atoms with Gasteiger partial charge in [0.15, 0.2) is 0 Å². The molecule has 5 heteroatoms. The Morgan fingerprint density at radius 3 is 2.71 bits per heavy atom. The summed E-state index contributed by atoms with van der Waals surface area (Å²) in [6.45, 7) is 2.13. The number of benzene rings is 2. The molecule has 0 saturated carbocycles. The molecular weight excluding hydrogens is 334 g/mol. The molecule has 0 atom stereocenters. The van der Waals surface area contributed by atoms with Crippen LogP contribution < -0.4 is 9.47 Å². The fourth-order valence-corrected chi connectivity index (χ4v) is 2.34. The van der Waals surface area contributed by atoms with Gasteiger partial charge in [0.2, 0.25) is 0 Å². The van der Waals surface area contributed by atoms with E-state index >= 15 is 0 Å². The monoisotopic (exact) mass is 349 g/mol. The average molecular weight is 350 g/mol. The maximum atomic E-state index is 8.96. The van der Waals surface area contributed by atoms with E-state index in [4.69, 9.17) is 14.7 Å². The first kappa shape index (κ1) is 15.4. The van der Waals surface area contributed by atoms with E-state index in [1.165, 1.54) is 0 Å². The van der Waals surface area contributed by atoms with Crippen LogP contribution in [0, 0.1) is 0 Å². The van der Waals surface area contributed by atoms with E-state index in [2.05, 4.69) is 21.1 Å². The van der Waals surface area contributed by atoms with Crippen LogP contribution in [0.1, 0.15) is 18.1 Å². The predicted molar refractivity (Wildman–Crippen MR) is 85.5 cm³/mol. The van der Waals surface area contributed by atoms with Crippen molar-refractivity contribution in [2.75, 3.05) is 7.11 Å². The predicted octanol–water partition coefficient (Wildman–Crippen LogP) is 4.23. The molecule has 110 valence electrons. The van der Waals surface area contributed by atoms with E-state index in [0.29, 0.717) is 23.8 Å². The minimum Gasteiger partial charge on any atom is -0.497 e. The topological polar surface area (TPSA) is 51.0 Å². The standard InChI is InChI=1S/C16H16BrNO3/c1-11(18-19)15-7-6-14(20-2)9-16(15)21-10-12-4-3-5-13(17)8-12/h3-9,19H,10H2,1-2H3/b18-11+. The van der Waals surface area contributed by atoms with Gasteiger partial charge in [-0.2, -0.15) is 0 Å². The van der Waals surface area contributed by atoms with Crippen LogP contribution in [0.3, 0.4) is 0 Å². The Hall–Kier alpha value is -2.01. The highest BCUT2D eigenvalue weighted by Gasteiger charge is 2.09. The van der Waals surface area contributed by atoms with Gasteiger partial charge in [0.1, 0.15) is 18.1 Å². The summed E-state index contributed by atoms with van der Waals surface area (Å²) in [5.41, 5.74) is 2.26. The van der Waals surface area contributed by atoms with Crippen molar-refractivity contribution in [3.05, 3.63) is 58.1 Å². The highest BCUT2D eigenvalue weighted by atomic mass is 79.9. The molecule has 2 rings (SSSR count). The molecule has 0 unspecified atom stereocenters. The quantitative estimate of drug-likeness (QED) is 0.499. The van der Waals surface area contributed by atoms with Gasteiger partial charge in [-0.25, -0.2) is 0 Å². The number of nitrogens with zero attached hydrogens (tertiary/aromatic N) is 1. The van der Waals surface area contributed by atoms with Crippen LogP contribution >= 0.6 is 15.9 Å². The molecule has 1 N–H and O–H groups in total. The van der Waals surface area contributed by atoms with Crippen LogP contribution in [0.2, 0.25) is 0 Å². The van der Waals surface area contributed by atoms with Crippen LogP contribution in [0.4, 0.5) is 0 Å². The second-order valence-corrected chi connectivity index (χ2v) is 5.38. The highest BCUT2D eigenvalue weighted by Crippen LogP contribution is 2.26. The molecule has 0 aliphatic heterocycles. The number of hydrogen-bond donors (Lipinski definition) is 1. The zero-order valence-corrected chi connectivity index (χ0v) is 13.4. The van der Waals surface area contributed by atoms with Gasteiger partial charge in [-0.05, 0) is 36.8 Å². The van der Waals surface area contributed by atoms with Gasteiger partial charge in [-0.15, -0.1) is 0 Å². The van der Waals surface area contributed by atoms with E-state index in [0.717, 1.165) is 15.6 Å². The molecule has 0 bridgehead atoms. The Morgan fingerprint density at radius 2 is 2.05 bits per heavy atom. The van der Waals surface area contributed by atoms with E-state index in [-0.39, 0.29) is 0 Å². The number of ether oxygens (including phenoxy) is 2. The van der Waals surface area contributed by atoms with E-state index in [9.17, 15) is 0 Å². The lowest BCUT2D eigenvalue weighted by atomic mass is 10.1. The molecule has 0 fully saturated rings. The van der Waals surface area contributed by atoms with Crippen molar-refractivity contribution in [2.24, 2.45) is 5.16 Å². The minimum atomic E-state index is 0.415. The van der Waals surface area contributed by atoms with Gasteiger partial charge in [-0.1, -0.05) is 33.2 Å². The summed E-state index contributed by atoms with van der Waals surface area (Å²) < 4.78 is 12.1. The molecule has 0 radical (unpaired) electrons. The molecule has 4 nitrogen and oxygen atoms in total. The molecule has 0 heterocycles. The van der Waals surface area contributed by atoms with Gasteiger partial charge >= 0.3 is 0 Å². The molecular formula is C16H16BrNO3. The number of halogens is 1. The maximum Gasteiger partial charge on any atom is 0.132 e. The third kappa shape index (κ3) is 3.98. The smallest absolute Gasteiger partial charge is 0.132 e. The zero-order chi connectivity index (χ0) is 15.2. The molecule has 0 saturated heterocycles. The minimum absolute atomic E-state index is 0.415. The fraction of sp³-hybridized carbons (Fsp3) is 0.188. The van der Waals surface area contributed by atoms with Gasteiger partial charge < -0.3 is 14.7 Å². The summed E-state index contributed by atoms with van der Waals surface area (Å²) >= 11 is 3.43. The van der Waals surface area contributed by atoms with Crippen LogP contribution in [0.25, 0.3) is 0 Å². The molecule has 0 aliphatic rings. The maximum absolute atomic E-state index is 8.96. The Kier molecular flexibility index (Phi) is 5.22. The van der Waals surface area contributed by atoms with Crippen molar-refractivity contribution in [1.82, 2.24) is 0 Å². The number of oxime groups is 1. The third-order valence-corrected chi connectivity index (χ3v) is 3.51. The van der Waals surface area contributed by atoms with Gasteiger partial charge in [0, 0.05) is 16.1 Å². The molecule has 21 heavy (non-hydrogen) atoms. The Balaban J connectivity index is 2.25. The van der Waals surface area contributed by atoms with E-state index in [1.54, 1.807) is 26.2 Å². The van der Waals surface area contributed by atoms with Gasteiger partial charge in [0.05, 0.1) is 12.8 Å². The van der Waals surface area contributed by atoms with Crippen molar-refractivity contribution in [3.63, 3.8) is 0 Å². The SMILES string of the molecule is COc1ccc(/C(C)=N/O)c(OCc2cccc(Br)c2)c1. The third-order valence-electron chi connectivity index (χ3n) is 3.01. The molecule has 0 amide bonds. The van der Waals surface area contributed by atoms with Crippen LogP contribution in [0.5, 0.6) is 11.5 Å². The summed E-state index contributed by atoms with van der Waals surface area (Å²) in [4.78, 5) is 0. The zero-order valence-electron chi connectivity index (χ0n) is 11.8. The van der Waals surface area contributed by atoms with Crippen molar-refractivity contribution >= 4 is 21.6 Å². The first-order valence-corrected chi connectivity index (χ1v) is 7.17. The molecule has 2 aromatic rings. The Bertz CT molecular complexity index is 656. The summed E-state index contributed by atoms with van der Waals surface area (Å²) in [5.74, 6) is 1.30. The Labute approximate surface area is 132 Å². The van der Waals surface area contributed by atoms with Crippen molar-refractivity contribution < 1.29 is 14.7 Å². The first-order valence-electron chi connectivity index (χ1n) is 6.38. The van der Waals surface area contributed by atoms with Crippen LogP contribution in [0.15, 0.2) is 52.1 Å². The lowest BCUT2D eigenvalue weighted by Crippen LogP contribution is -2.03. The summed E-state index contributed by atoms with van der Waals surface area (Å²) in [6.07, 6.45) is 0. The van der Waals surface area contributed by atoms with Gasteiger partial charge in [0.25, 0.3) is 0 Å². The number of hydrogen-bond acceptors (Lipinski definition) is 4. The summed E-state index contributed by atoms with van der Waals surface area (Å²) in [5, 5.41) is 12.2. The molecule has 0 spiro atoms. The number of methoxy groups -OCH3 is 1. The second kappa shape index (κ2) is 7.13. The van der Waals surface area contributed by atoms with Crippen molar-refractivity contribution in [3.8, 4) is 11.5 Å². The molecule has 0 aromatic heterocycles. The fourth-order valence-electron chi connectivity index (χ4n) is 1.89. The largest absolute Gasteiger partial charge is 0.497 e. The summed E-state index contributed by atoms with van der Waals surface area (Å²) in [6, 6.07) is 13.3. The van der Waals surface area contributed by atoms with Crippen molar-refractivity contribution in [2.45, 2.75) is 13.5 Å². The Morgan fingerprint density at radius 1 is 1.24 bits per heavy atom. The average Bonchev–Trinajstić information content (AvgIpc) is 2.52. The highest BCUT2D eigenvalue weighted by molar-refractivity contribution is 9.10.